The van der Waals surface area contributed by atoms with Crippen LogP contribution in [-0.4, -0.2) is 15.1 Å². The van der Waals surface area contributed by atoms with E-state index in [-0.39, 0.29) is 0 Å². The number of rotatable bonds is 5. The van der Waals surface area contributed by atoms with Crippen LogP contribution in [0, 0.1) is 11.3 Å². The van der Waals surface area contributed by atoms with Crippen LogP contribution < -0.4 is 5.73 Å². The summed E-state index contributed by atoms with van der Waals surface area (Å²) in [5, 5.41) is 9.04. The maximum atomic E-state index is 9.04. The van der Waals surface area contributed by atoms with Crippen molar-refractivity contribution in [3.8, 4) is 6.07 Å². The minimum atomic E-state index is -0.652. The van der Waals surface area contributed by atoms with Gasteiger partial charge >= 0.3 is 0 Å². The number of nitrogens with zero attached hydrogens (tertiary/aromatic N) is 3. The van der Waals surface area contributed by atoms with Crippen LogP contribution in [0.25, 0.3) is 0 Å². The Morgan fingerprint density at radius 3 is 3.00 bits per heavy atom. The first-order valence-corrected chi connectivity index (χ1v) is 6.91. The van der Waals surface area contributed by atoms with Crippen molar-refractivity contribution in [2.24, 2.45) is 5.73 Å². The van der Waals surface area contributed by atoms with Crippen molar-refractivity contribution in [3.05, 3.63) is 17.7 Å². The van der Waals surface area contributed by atoms with E-state index in [9.17, 15) is 0 Å². The third kappa shape index (κ3) is 2.73. The highest BCUT2D eigenvalue weighted by molar-refractivity contribution is 5.16. The Morgan fingerprint density at radius 2 is 2.28 bits per heavy atom. The zero-order chi connectivity index (χ0) is 13.0. The molecule has 4 heteroatoms. The molecule has 18 heavy (non-hydrogen) atoms. The van der Waals surface area contributed by atoms with Crippen LogP contribution in [0.4, 0.5) is 0 Å². The molecular formula is C14H22N4. The second-order valence-electron chi connectivity index (χ2n) is 5.26. The Bertz CT molecular complexity index is 443. The molecular weight excluding hydrogens is 224 g/mol. The summed E-state index contributed by atoms with van der Waals surface area (Å²) in [7, 11) is 0. The van der Waals surface area contributed by atoms with Gasteiger partial charge in [-0.3, -0.25) is 0 Å². The molecule has 0 saturated heterocycles. The summed E-state index contributed by atoms with van der Waals surface area (Å²) in [4.78, 5) is 4.48. The van der Waals surface area contributed by atoms with Crippen LogP contribution in [0.3, 0.4) is 0 Å². The predicted octanol–water partition coefficient (Wildman–Crippen LogP) is 2.17. The zero-order valence-corrected chi connectivity index (χ0v) is 11.2. The van der Waals surface area contributed by atoms with Gasteiger partial charge in [-0.15, -0.1) is 0 Å². The first-order valence-electron chi connectivity index (χ1n) is 6.91. The van der Waals surface area contributed by atoms with Crippen molar-refractivity contribution in [2.75, 3.05) is 0 Å². The average Bonchev–Trinajstić information content (AvgIpc) is 2.82. The van der Waals surface area contributed by atoms with E-state index in [1.165, 1.54) is 24.2 Å². The number of aromatic nitrogens is 2. The van der Waals surface area contributed by atoms with Crippen molar-refractivity contribution in [3.63, 3.8) is 0 Å². The summed E-state index contributed by atoms with van der Waals surface area (Å²) in [6, 6.07) is 2.22. The van der Waals surface area contributed by atoms with E-state index in [4.69, 9.17) is 11.0 Å². The standard InChI is InChI=1S/C14H22N4/c1-2-14(16,10-15)8-5-9-18-11-17-12-6-3-4-7-13(12)18/h11H,2-9,16H2,1H3. The lowest BCUT2D eigenvalue weighted by molar-refractivity contribution is 0.440. The number of fused-ring (bicyclic) bond motifs is 1. The van der Waals surface area contributed by atoms with Gasteiger partial charge in [-0.25, -0.2) is 4.98 Å². The van der Waals surface area contributed by atoms with Crippen LogP contribution in [0.5, 0.6) is 0 Å². The van der Waals surface area contributed by atoms with Gasteiger partial charge in [-0.05, 0) is 44.9 Å². The second kappa shape index (κ2) is 5.53. The predicted molar refractivity (Wildman–Crippen MR) is 70.9 cm³/mol. The van der Waals surface area contributed by atoms with Crippen LogP contribution >= 0.6 is 0 Å². The normalized spacial score (nSPS) is 17.8. The van der Waals surface area contributed by atoms with Crippen LogP contribution in [0.2, 0.25) is 0 Å². The molecule has 1 aliphatic rings. The van der Waals surface area contributed by atoms with Gasteiger partial charge in [0.25, 0.3) is 0 Å². The second-order valence-corrected chi connectivity index (χ2v) is 5.26. The summed E-state index contributed by atoms with van der Waals surface area (Å²) < 4.78 is 2.25. The third-order valence-corrected chi connectivity index (χ3v) is 3.99. The molecule has 0 spiro atoms. The van der Waals surface area contributed by atoms with Gasteiger partial charge in [0, 0.05) is 12.2 Å². The van der Waals surface area contributed by atoms with Gasteiger partial charge in [0.15, 0.2) is 0 Å². The first-order chi connectivity index (χ1) is 8.68. The molecule has 1 atom stereocenters. The number of nitrogens with two attached hydrogens (primary N) is 1. The smallest absolute Gasteiger partial charge is 0.104 e. The van der Waals surface area contributed by atoms with Crippen molar-refractivity contribution in [1.82, 2.24) is 9.55 Å². The maximum Gasteiger partial charge on any atom is 0.104 e. The van der Waals surface area contributed by atoms with E-state index in [1.807, 2.05) is 13.3 Å². The Labute approximate surface area is 109 Å². The number of aryl methyl sites for hydroxylation is 2. The molecule has 1 aromatic rings. The minimum absolute atomic E-state index is 0.652. The van der Waals surface area contributed by atoms with E-state index >= 15 is 0 Å². The van der Waals surface area contributed by atoms with Gasteiger partial charge in [-0.1, -0.05) is 6.92 Å². The largest absolute Gasteiger partial charge is 0.334 e. The van der Waals surface area contributed by atoms with Crippen molar-refractivity contribution in [2.45, 2.75) is 64.0 Å². The molecule has 0 aromatic carbocycles. The lowest BCUT2D eigenvalue weighted by atomic mass is 9.93. The fourth-order valence-electron chi connectivity index (χ4n) is 2.60. The molecule has 2 N–H and O–H groups in total. The fraction of sp³-hybridized carbons (Fsp3) is 0.714. The highest BCUT2D eigenvalue weighted by Gasteiger charge is 2.21. The van der Waals surface area contributed by atoms with Gasteiger partial charge in [-0.2, -0.15) is 5.26 Å². The Morgan fingerprint density at radius 1 is 1.50 bits per heavy atom. The number of hydrogen-bond donors (Lipinski definition) is 1. The van der Waals surface area contributed by atoms with Crippen molar-refractivity contribution in [1.29, 1.82) is 5.26 Å². The molecule has 1 aromatic heterocycles. The molecule has 0 aliphatic heterocycles. The maximum absolute atomic E-state index is 9.04. The molecule has 0 saturated carbocycles. The number of hydrogen-bond acceptors (Lipinski definition) is 3. The molecule has 1 unspecified atom stereocenters. The summed E-state index contributed by atoms with van der Waals surface area (Å²) in [6.07, 6.45) is 9.17. The van der Waals surface area contributed by atoms with Gasteiger partial charge in [0.2, 0.25) is 0 Å². The van der Waals surface area contributed by atoms with Gasteiger partial charge in [0.05, 0.1) is 18.1 Å². The lowest BCUT2D eigenvalue weighted by Crippen LogP contribution is -2.37. The quantitative estimate of drug-likeness (QED) is 0.865. The first kappa shape index (κ1) is 13.1. The van der Waals surface area contributed by atoms with Crippen molar-refractivity contribution < 1.29 is 0 Å². The SMILES string of the molecule is CCC(N)(C#N)CCCn1cnc2c1CCCC2. The Kier molecular flexibility index (Phi) is 4.03. The lowest BCUT2D eigenvalue weighted by Gasteiger charge is -2.20. The van der Waals surface area contributed by atoms with Crippen molar-refractivity contribution >= 4 is 0 Å². The highest BCUT2D eigenvalue weighted by atomic mass is 15.1. The zero-order valence-electron chi connectivity index (χ0n) is 11.2. The summed E-state index contributed by atoms with van der Waals surface area (Å²) in [5.74, 6) is 0. The molecule has 98 valence electrons. The van der Waals surface area contributed by atoms with E-state index in [0.717, 1.165) is 32.2 Å². The van der Waals surface area contributed by atoms with E-state index < -0.39 is 5.54 Å². The van der Waals surface area contributed by atoms with Crippen LogP contribution in [-0.2, 0) is 19.4 Å². The van der Waals surface area contributed by atoms with Crippen LogP contribution in [0.15, 0.2) is 6.33 Å². The molecule has 0 amide bonds. The highest BCUT2D eigenvalue weighted by Crippen LogP contribution is 2.21. The number of nitriles is 1. The minimum Gasteiger partial charge on any atom is -0.334 e. The summed E-state index contributed by atoms with van der Waals surface area (Å²) in [6.45, 7) is 2.91. The molecule has 1 aliphatic carbocycles. The monoisotopic (exact) mass is 246 g/mol. The average molecular weight is 246 g/mol. The number of imidazole rings is 1. The van der Waals surface area contributed by atoms with E-state index in [1.54, 1.807) is 0 Å². The molecule has 1 heterocycles. The Balaban J connectivity index is 1.91. The summed E-state index contributed by atoms with van der Waals surface area (Å²) in [5.41, 5.74) is 8.01. The van der Waals surface area contributed by atoms with Crippen LogP contribution in [0.1, 0.15) is 50.4 Å². The summed E-state index contributed by atoms with van der Waals surface area (Å²) >= 11 is 0. The van der Waals surface area contributed by atoms with E-state index in [0.29, 0.717) is 6.42 Å². The third-order valence-electron chi connectivity index (χ3n) is 3.99. The topological polar surface area (TPSA) is 67.6 Å². The fourth-order valence-corrected chi connectivity index (χ4v) is 2.60. The van der Waals surface area contributed by atoms with Gasteiger partial charge < -0.3 is 10.3 Å². The molecule has 2 rings (SSSR count). The molecule has 0 radical (unpaired) electrons. The van der Waals surface area contributed by atoms with E-state index in [2.05, 4.69) is 15.6 Å². The van der Waals surface area contributed by atoms with Gasteiger partial charge in [0.1, 0.15) is 5.54 Å². The molecule has 0 fully saturated rings. The Hall–Kier alpha value is -1.34. The molecule has 0 bridgehead atoms. The molecule has 4 nitrogen and oxygen atoms in total.